The van der Waals surface area contributed by atoms with E-state index in [-0.39, 0.29) is 11.8 Å². The number of ether oxygens (including phenoxy) is 2. The molecule has 2 aromatic carbocycles. The number of methoxy groups -OCH3 is 1. The van der Waals surface area contributed by atoms with E-state index in [9.17, 15) is 9.59 Å². The molecule has 3 aromatic rings. The molecular formula is C22H25N5O4. The fourth-order valence-corrected chi connectivity index (χ4v) is 2.74. The van der Waals surface area contributed by atoms with Crippen LogP contribution in [0.4, 0.5) is 11.4 Å². The molecule has 9 nitrogen and oxygen atoms in total. The quantitative estimate of drug-likeness (QED) is 0.485. The van der Waals surface area contributed by atoms with Gasteiger partial charge in [-0.25, -0.2) is 9.67 Å². The van der Waals surface area contributed by atoms with Gasteiger partial charge < -0.3 is 20.1 Å². The minimum atomic E-state index is -0.484. The average molecular weight is 423 g/mol. The molecular weight excluding hydrogens is 398 g/mol. The zero-order valence-corrected chi connectivity index (χ0v) is 17.4. The van der Waals surface area contributed by atoms with Crippen molar-refractivity contribution in [3.63, 3.8) is 0 Å². The van der Waals surface area contributed by atoms with E-state index in [2.05, 4.69) is 20.7 Å². The minimum absolute atomic E-state index is 0.102. The van der Waals surface area contributed by atoms with Gasteiger partial charge in [0.05, 0.1) is 13.7 Å². The first kappa shape index (κ1) is 21.8. The van der Waals surface area contributed by atoms with E-state index in [0.29, 0.717) is 30.8 Å². The fourth-order valence-electron chi connectivity index (χ4n) is 2.74. The fraction of sp³-hybridized carbons (Fsp3) is 0.273. The van der Waals surface area contributed by atoms with Crippen LogP contribution in [0.3, 0.4) is 0 Å². The molecule has 31 heavy (non-hydrogen) atoms. The Kier molecular flexibility index (Phi) is 7.58. The van der Waals surface area contributed by atoms with Gasteiger partial charge in [-0.3, -0.25) is 9.59 Å². The summed E-state index contributed by atoms with van der Waals surface area (Å²) in [6.07, 6.45) is 3.80. The van der Waals surface area contributed by atoms with Gasteiger partial charge in [-0.05, 0) is 61.9 Å². The van der Waals surface area contributed by atoms with E-state index in [4.69, 9.17) is 9.47 Å². The van der Waals surface area contributed by atoms with Crippen molar-refractivity contribution in [3.8, 4) is 11.5 Å². The van der Waals surface area contributed by atoms with Crippen molar-refractivity contribution in [2.24, 2.45) is 0 Å². The molecule has 0 fully saturated rings. The zero-order valence-electron chi connectivity index (χ0n) is 17.4. The highest BCUT2D eigenvalue weighted by atomic mass is 16.5. The number of aromatic nitrogens is 3. The third-order valence-corrected chi connectivity index (χ3v) is 4.53. The van der Waals surface area contributed by atoms with Crippen LogP contribution in [0.1, 0.15) is 25.8 Å². The lowest BCUT2D eigenvalue weighted by Gasteiger charge is -2.12. The molecule has 9 heteroatoms. The third-order valence-electron chi connectivity index (χ3n) is 4.53. The van der Waals surface area contributed by atoms with Crippen molar-refractivity contribution < 1.29 is 19.1 Å². The highest BCUT2D eigenvalue weighted by Gasteiger charge is 2.15. The number of anilines is 2. The first-order chi connectivity index (χ1) is 15.0. The normalized spacial score (nSPS) is 11.4. The second-order valence-corrected chi connectivity index (χ2v) is 6.79. The molecule has 0 aliphatic carbocycles. The van der Waals surface area contributed by atoms with E-state index in [1.807, 2.05) is 24.3 Å². The molecule has 1 atom stereocenters. The van der Waals surface area contributed by atoms with Gasteiger partial charge >= 0.3 is 0 Å². The SMILES string of the molecule is COc1ccc(OCCCC(=O)Nc2ccc(NC(=O)C(C)n3cncn3)cc2)cc1. The summed E-state index contributed by atoms with van der Waals surface area (Å²) < 4.78 is 12.2. The van der Waals surface area contributed by atoms with Crippen LogP contribution in [0.2, 0.25) is 0 Å². The first-order valence-electron chi connectivity index (χ1n) is 9.87. The highest BCUT2D eigenvalue weighted by molar-refractivity contribution is 5.94. The van der Waals surface area contributed by atoms with Crippen LogP contribution in [0.25, 0.3) is 0 Å². The summed E-state index contributed by atoms with van der Waals surface area (Å²) in [4.78, 5) is 28.2. The summed E-state index contributed by atoms with van der Waals surface area (Å²) in [5.41, 5.74) is 1.28. The summed E-state index contributed by atoms with van der Waals surface area (Å²) in [7, 11) is 1.61. The summed E-state index contributed by atoms with van der Waals surface area (Å²) >= 11 is 0. The summed E-state index contributed by atoms with van der Waals surface area (Å²) in [5, 5.41) is 9.61. The number of hydrogen-bond acceptors (Lipinski definition) is 6. The monoisotopic (exact) mass is 423 g/mol. The van der Waals surface area contributed by atoms with Crippen molar-refractivity contribution in [2.75, 3.05) is 24.4 Å². The molecule has 1 heterocycles. The maximum absolute atomic E-state index is 12.3. The number of carbonyl (C=O) groups is 2. The number of hydrogen-bond donors (Lipinski definition) is 2. The van der Waals surface area contributed by atoms with Crippen molar-refractivity contribution in [1.29, 1.82) is 0 Å². The van der Waals surface area contributed by atoms with Crippen LogP contribution in [0, 0.1) is 0 Å². The van der Waals surface area contributed by atoms with E-state index in [1.54, 1.807) is 38.3 Å². The molecule has 0 bridgehead atoms. The van der Waals surface area contributed by atoms with Crippen LogP contribution >= 0.6 is 0 Å². The van der Waals surface area contributed by atoms with Crippen LogP contribution in [0.15, 0.2) is 61.2 Å². The molecule has 162 valence electrons. The second kappa shape index (κ2) is 10.8. The van der Waals surface area contributed by atoms with Gasteiger partial charge in [0.25, 0.3) is 0 Å². The Morgan fingerprint density at radius 1 is 1.00 bits per heavy atom. The number of benzene rings is 2. The van der Waals surface area contributed by atoms with E-state index in [1.165, 1.54) is 17.3 Å². The van der Waals surface area contributed by atoms with Crippen molar-refractivity contribution >= 4 is 23.2 Å². The number of nitrogens with zero attached hydrogens (tertiary/aromatic N) is 3. The molecule has 2 amide bonds. The van der Waals surface area contributed by atoms with Crippen molar-refractivity contribution in [2.45, 2.75) is 25.8 Å². The Labute approximate surface area is 180 Å². The van der Waals surface area contributed by atoms with Gasteiger partial charge in [-0.1, -0.05) is 0 Å². The second-order valence-electron chi connectivity index (χ2n) is 6.79. The topological polar surface area (TPSA) is 107 Å². The molecule has 3 rings (SSSR count). The van der Waals surface area contributed by atoms with Crippen LogP contribution in [0.5, 0.6) is 11.5 Å². The van der Waals surface area contributed by atoms with E-state index < -0.39 is 6.04 Å². The van der Waals surface area contributed by atoms with Gasteiger partial charge in [-0.2, -0.15) is 5.10 Å². The lowest BCUT2D eigenvalue weighted by molar-refractivity contribution is -0.119. The molecule has 0 radical (unpaired) electrons. The number of carbonyl (C=O) groups excluding carboxylic acids is 2. The Morgan fingerprint density at radius 2 is 1.65 bits per heavy atom. The molecule has 0 aliphatic rings. The van der Waals surface area contributed by atoms with Crippen molar-refractivity contribution in [3.05, 3.63) is 61.2 Å². The largest absolute Gasteiger partial charge is 0.497 e. The zero-order chi connectivity index (χ0) is 22.1. The maximum atomic E-state index is 12.3. The number of amides is 2. The Balaban J connectivity index is 1.38. The summed E-state index contributed by atoms with van der Waals surface area (Å²) in [6, 6.07) is 13.7. The van der Waals surface area contributed by atoms with E-state index >= 15 is 0 Å². The maximum Gasteiger partial charge on any atom is 0.249 e. The predicted octanol–water partition coefficient (Wildman–Crippen LogP) is 3.28. The van der Waals surface area contributed by atoms with Crippen molar-refractivity contribution in [1.82, 2.24) is 14.8 Å². The molecule has 1 unspecified atom stereocenters. The Hall–Kier alpha value is -3.88. The Morgan fingerprint density at radius 3 is 2.26 bits per heavy atom. The molecule has 2 N–H and O–H groups in total. The lowest BCUT2D eigenvalue weighted by atomic mass is 10.2. The molecule has 0 saturated heterocycles. The summed E-state index contributed by atoms with van der Waals surface area (Å²) in [5.74, 6) is 1.19. The van der Waals surface area contributed by atoms with Gasteiger partial charge in [0.15, 0.2) is 0 Å². The molecule has 0 saturated carbocycles. The lowest BCUT2D eigenvalue weighted by Crippen LogP contribution is -2.24. The molecule has 0 spiro atoms. The smallest absolute Gasteiger partial charge is 0.249 e. The number of rotatable bonds is 10. The minimum Gasteiger partial charge on any atom is -0.497 e. The van der Waals surface area contributed by atoms with Gasteiger partial charge in [0.1, 0.15) is 30.2 Å². The third kappa shape index (κ3) is 6.56. The van der Waals surface area contributed by atoms with Crippen LogP contribution in [-0.2, 0) is 9.59 Å². The first-order valence-corrected chi connectivity index (χ1v) is 9.87. The van der Waals surface area contributed by atoms with Gasteiger partial charge in [0.2, 0.25) is 11.8 Å². The predicted molar refractivity (Wildman–Crippen MR) is 116 cm³/mol. The highest BCUT2D eigenvalue weighted by Crippen LogP contribution is 2.18. The van der Waals surface area contributed by atoms with Gasteiger partial charge in [-0.15, -0.1) is 0 Å². The van der Waals surface area contributed by atoms with Crippen LogP contribution in [-0.4, -0.2) is 40.3 Å². The molecule has 0 aliphatic heterocycles. The molecule has 1 aromatic heterocycles. The van der Waals surface area contributed by atoms with Gasteiger partial charge in [0, 0.05) is 17.8 Å². The van der Waals surface area contributed by atoms with Crippen LogP contribution < -0.4 is 20.1 Å². The summed E-state index contributed by atoms with van der Waals surface area (Å²) in [6.45, 7) is 2.17. The standard InChI is InChI=1S/C22H25N5O4/c1-16(27-15-23-14-24-27)22(29)26-18-7-5-17(6-8-18)25-21(28)4-3-13-31-20-11-9-19(30-2)10-12-20/h5-12,14-16H,3-4,13H2,1-2H3,(H,25,28)(H,26,29). The average Bonchev–Trinajstić information content (AvgIpc) is 3.33. The Bertz CT molecular complexity index is 972. The van der Waals surface area contributed by atoms with E-state index in [0.717, 1.165) is 11.5 Å². The number of nitrogens with one attached hydrogen (secondary N) is 2.